The zero-order valence-electron chi connectivity index (χ0n) is 16.5. The molecule has 0 amide bonds. The van der Waals surface area contributed by atoms with Gasteiger partial charge in [-0.3, -0.25) is 14.7 Å². The number of nitrogens with zero attached hydrogens (tertiary/aromatic N) is 3. The van der Waals surface area contributed by atoms with E-state index >= 15 is 0 Å². The summed E-state index contributed by atoms with van der Waals surface area (Å²) in [5, 5.41) is 11.9. The van der Waals surface area contributed by atoms with Gasteiger partial charge in [-0.2, -0.15) is 0 Å². The second-order valence-electron chi connectivity index (χ2n) is 8.04. The third-order valence-electron chi connectivity index (χ3n) is 6.14. The van der Waals surface area contributed by atoms with E-state index in [2.05, 4.69) is 20.9 Å². The van der Waals surface area contributed by atoms with Crippen molar-refractivity contribution in [1.29, 1.82) is 0 Å². The quantitative estimate of drug-likeness (QED) is 0.729. The van der Waals surface area contributed by atoms with Gasteiger partial charge in [-0.25, -0.2) is 0 Å². The first-order valence-corrected chi connectivity index (χ1v) is 10.4. The number of anilines is 1. The van der Waals surface area contributed by atoms with Gasteiger partial charge < -0.3 is 10.0 Å². The van der Waals surface area contributed by atoms with E-state index in [0.29, 0.717) is 30.8 Å². The average molecular weight is 387 g/mol. The first-order chi connectivity index (χ1) is 14.2. The number of phenols is 1. The monoisotopic (exact) mass is 387 g/mol. The normalized spacial score (nSPS) is 17.1. The number of likely N-dealkylation sites (tertiary alicyclic amines) is 1. The molecule has 2 aromatic carbocycles. The minimum atomic E-state index is 0.212. The van der Waals surface area contributed by atoms with Crippen molar-refractivity contribution in [2.24, 2.45) is 0 Å². The van der Waals surface area contributed by atoms with Crippen molar-refractivity contribution in [3.05, 3.63) is 65.4 Å². The lowest BCUT2D eigenvalue weighted by Gasteiger charge is -2.31. The molecule has 2 aliphatic heterocycles. The summed E-state index contributed by atoms with van der Waals surface area (Å²) in [6.07, 6.45) is 4.71. The number of Topliss-reactive ketones (excluding diaryl/α,β-unsaturated/α-hetero) is 1. The van der Waals surface area contributed by atoms with E-state index in [1.54, 1.807) is 6.20 Å². The molecule has 0 spiro atoms. The molecule has 0 unspecified atom stereocenters. The van der Waals surface area contributed by atoms with Crippen molar-refractivity contribution >= 4 is 22.4 Å². The Kier molecular flexibility index (Phi) is 4.68. The predicted molar refractivity (Wildman–Crippen MR) is 114 cm³/mol. The lowest BCUT2D eigenvalue weighted by atomic mass is 9.98. The van der Waals surface area contributed by atoms with E-state index in [1.807, 2.05) is 36.4 Å². The number of aromatic hydroxyl groups is 1. The molecule has 3 aromatic rings. The van der Waals surface area contributed by atoms with Crippen LogP contribution in [0.4, 0.5) is 5.69 Å². The second-order valence-corrected chi connectivity index (χ2v) is 8.04. The van der Waals surface area contributed by atoms with Crippen molar-refractivity contribution in [2.75, 3.05) is 24.5 Å². The Hall–Kier alpha value is -2.92. The van der Waals surface area contributed by atoms with E-state index in [4.69, 9.17) is 0 Å². The summed E-state index contributed by atoms with van der Waals surface area (Å²) >= 11 is 0. The van der Waals surface area contributed by atoms with Crippen LogP contribution in [-0.2, 0) is 13.1 Å². The molecule has 1 saturated heterocycles. The van der Waals surface area contributed by atoms with Crippen molar-refractivity contribution in [2.45, 2.75) is 32.4 Å². The van der Waals surface area contributed by atoms with E-state index in [-0.39, 0.29) is 5.78 Å². The molecule has 1 N–H and O–H groups in total. The maximum Gasteiger partial charge on any atom is 0.166 e. The van der Waals surface area contributed by atoms with E-state index in [9.17, 15) is 9.90 Å². The Bertz CT molecular complexity index is 1070. The second kappa shape index (κ2) is 7.48. The van der Waals surface area contributed by atoms with Gasteiger partial charge in [0.1, 0.15) is 11.3 Å². The molecule has 1 aromatic heterocycles. The number of carbonyl (C=O) groups is 1. The fourth-order valence-electron chi connectivity index (χ4n) is 4.64. The molecule has 5 rings (SSSR count). The fourth-order valence-corrected chi connectivity index (χ4v) is 4.64. The van der Waals surface area contributed by atoms with Crippen molar-refractivity contribution < 1.29 is 9.90 Å². The molecule has 0 aliphatic carbocycles. The highest BCUT2D eigenvalue weighted by molar-refractivity contribution is 6.03. The molecule has 0 bridgehead atoms. The van der Waals surface area contributed by atoms with Gasteiger partial charge in [0, 0.05) is 54.5 Å². The molecule has 5 heteroatoms. The van der Waals surface area contributed by atoms with E-state index in [0.717, 1.165) is 47.4 Å². The first kappa shape index (κ1) is 18.1. The number of aromatic nitrogens is 1. The van der Waals surface area contributed by atoms with Crippen LogP contribution < -0.4 is 4.90 Å². The number of hydrogen-bond donors (Lipinski definition) is 1. The van der Waals surface area contributed by atoms with Gasteiger partial charge in [-0.15, -0.1) is 0 Å². The average Bonchev–Trinajstić information content (AvgIpc) is 3.27. The number of phenolic OH excluding ortho intramolecular Hbond substituents is 1. The summed E-state index contributed by atoms with van der Waals surface area (Å²) in [5.74, 6) is 0.509. The van der Waals surface area contributed by atoms with Crippen LogP contribution in [0.3, 0.4) is 0 Å². The smallest absolute Gasteiger partial charge is 0.166 e. The molecule has 1 fully saturated rings. The van der Waals surface area contributed by atoms with Gasteiger partial charge in [-0.05, 0) is 55.8 Å². The number of carbonyl (C=O) groups excluding carboxylic acids is 1. The lowest BCUT2D eigenvalue weighted by molar-refractivity contribution is 0.0979. The number of pyridine rings is 1. The SMILES string of the molecule is O=C1CCN(Cc2cc(CN3CCCC3)c(O)c3ncccc23)c2ccccc21. The number of hydrogen-bond acceptors (Lipinski definition) is 5. The minimum absolute atomic E-state index is 0.212. The maximum absolute atomic E-state index is 12.3. The molecule has 148 valence electrons. The largest absolute Gasteiger partial charge is 0.505 e. The number of fused-ring (bicyclic) bond motifs is 2. The van der Waals surface area contributed by atoms with Crippen LogP contribution >= 0.6 is 0 Å². The summed E-state index contributed by atoms with van der Waals surface area (Å²) in [6.45, 7) is 4.31. The van der Waals surface area contributed by atoms with Crippen LogP contribution in [0.5, 0.6) is 5.75 Å². The number of rotatable bonds is 4. The summed E-state index contributed by atoms with van der Waals surface area (Å²) < 4.78 is 0. The summed E-state index contributed by atoms with van der Waals surface area (Å²) in [4.78, 5) is 21.5. The molecule has 29 heavy (non-hydrogen) atoms. The summed E-state index contributed by atoms with van der Waals surface area (Å²) in [7, 11) is 0. The van der Waals surface area contributed by atoms with Gasteiger partial charge in [0.2, 0.25) is 0 Å². The van der Waals surface area contributed by atoms with Crippen LogP contribution in [0.2, 0.25) is 0 Å². The molecule has 0 radical (unpaired) electrons. The molecule has 3 heterocycles. The summed E-state index contributed by atoms with van der Waals surface area (Å²) in [6, 6.07) is 13.9. The number of ketones is 1. The topological polar surface area (TPSA) is 56.7 Å². The minimum Gasteiger partial charge on any atom is -0.505 e. The van der Waals surface area contributed by atoms with Gasteiger partial charge in [0.25, 0.3) is 0 Å². The van der Waals surface area contributed by atoms with Crippen LogP contribution in [-0.4, -0.2) is 40.4 Å². The van der Waals surface area contributed by atoms with Crippen LogP contribution in [0.25, 0.3) is 10.9 Å². The Labute approximate surface area is 170 Å². The zero-order valence-corrected chi connectivity index (χ0v) is 16.5. The highest BCUT2D eigenvalue weighted by Crippen LogP contribution is 2.34. The number of para-hydroxylation sites is 1. The molecular weight excluding hydrogens is 362 g/mol. The van der Waals surface area contributed by atoms with Crippen LogP contribution in [0.15, 0.2) is 48.7 Å². The highest BCUT2D eigenvalue weighted by Gasteiger charge is 2.24. The third kappa shape index (κ3) is 3.36. The first-order valence-electron chi connectivity index (χ1n) is 10.4. The van der Waals surface area contributed by atoms with Crippen molar-refractivity contribution in [3.63, 3.8) is 0 Å². The Balaban J connectivity index is 1.55. The zero-order chi connectivity index (χ0) is 19.8. The molecular formula is C24H25N3O2. The van der Waals surface area contributed by atoms with Crippen LogP contribution in [0.1, 0.15) is 40.7 Å². The maximum atomic E-state index is 12.3. The van der Waals surface area contributed by atoms with Crippen molar-refractivity contribution in [1.82, 2.24) is 9.88 Å². The van der Waals surface area contributed by atoms with Gasteiger partial charge in [-0.1, -0.05) is 18.2 Å². The standard InChI is InChI=1S/C24H25N3O2/c28-22-9-13-27(21-8-2-1-6-20(21)22)16-17-14-18(15-26-11-3-4-12-26)24(29)23-19(17)7-5-10-25-23/h1-2,5-8,10,14,29H,3-4,9,11-13,15-16H2. The molecule has 5 nitrogen and oxygen atoms in total. The highest BCUT2D eigenvalue weighted by atomic mass is 16.3. The van der Waals surface area contributed by atoms with E-state index in [1.165, 1.54) is 12.8 Å². The molecule has 0 atom stereocenters. The van der Waals surface area contributed by atoms with Crippen molar-refractivity contribution in [3.8, 4) is 5.75 Å². The third-order valence-corrected chi connectivity index (χ3v) is 6.14. The molecule has 2 aliphatic rings. The van der Waals surface area contributed by atoms with Gasteiger partial charge >= 0.3 is 0 Å². The Morgan fingerprint density at radius 3 is 2.66 bits per heavy atom. The fraction of sp³-hybridized carbons (Fsp3) is 0.333. The van der Waals surface area contributed by atoms with E-state index < -0.39 is 0 Å². The predicted octanol–water partition coefficient (Wildman–Crippen LogP) is 4.13. The summed E-state index contributed by atoms with van der Waals surface area (Å²) in [5.41, 5.74) is 4.55. The van der Waals surface area contributed by atoms with Crippen LogP contribution in [0, 0.1) is 0 Å². The Morgan fingerprint density at radius 1 is 0.966 bits per heavy atom. The molecule has 0 saturated carbocycles. The number of benzene rings is 2. The lowest BCUT2D eigenvalue weighted by Crippen LogP contribution is -2.31. The van der Waals surface area contributed by atoms with Gasteiger partial charge in [0.15, 0.2) is 5.78 Å². The Morgan fingerprint density at radius 2 is 1.79 bits per heavy atom. The van der Waals surface area contributed by atoms with Gasteiger partial charge in [0.05, 0.1) is 0 Å².